The van der Waals surface area contributed by atoms with E-state index in [1.807, 2.05) is 0 Å². The molecule has 11 heteroatoms. The van der Waals surface area contributed by atoms with Gasteiger partial charge in [0.15, 0.2) is 0 Å². The van der Waals surface area contributed by atoms with E-state index in [9.17, 15) is 16.3 Å². The molecule has 6 rings (SSSR count). The number of fused-ring (bicyclic) bond motifs is 1. The third-order valence-corrected chi connectivity index (χ3v) is 7.12. The van der Waals surface area contributed by atoms with Crippen LogP contribution in [0.25, 0.3) is 10.9 Å². The lowest BCUT2D eigenvalue weighted by Gasteiger charge is -2.20. The van der Waals surface area contributed by atoms with E-state index >= 15 is 0 Å². The second-order valence-electron chi connectivity index (χ2n) is 9.23. The van der Waals surface area contributed by atoms with Gasteiger partial charge in [-0.15, -0.1) is 5.10 Å². The van der Waals surface area contributed by atoms with E-state index < -0.39 is 11.8 Å². The van der Waals surface area contributed by atoms with Crippen molar-refractivity contribution < 1.29 is 5.76 Å². The molecule has 1 fully saturated rings. The summed E-state index contributed by atoms with van der Waals surface area (Å²) in [6.07, 6.45) is 5.09. The molecule has 1 aliphatic rings. The molecule has 2 heterocycles. The average Bonchev–Trinajstić information content (AvgIpc) is 3.69. The van der Waals surface area contributed by atoms with E-state index in [0.29, 0.717) is 39.2 Å². The van der Waals surface area contributed by atoms with E-state index in [2.05, 4.69) is 38.1 Å². The molecule has 0 aliphatic heterocycles. The number of nitrogens with one attached hydrogen (secondary N) is 2. The number of halogens is 3. The summed E-state index contributed by atoms with van der Waals surface area (Å²) in [5.41, 5.74) is 2.73. The third kappa shape index (κ3) is 4.89. The summed E-state index contributed by atoms with van der Waals surface area (Å²) in [6.45, 7) is 0. The van der Waals surface area contributed by atoms with Crippen LogP contribution in [0.2, 0.25) is 10.0 Å². The first kappa shape index (κ1) is 24.3. The summed E-state index contributed by atoms with van der Waals surface area (Å²) in [7, 11) is 0. The average molecular weight is 570 g/mol. The van der Waals surface area contributed by atoms with Gasteiger partial charge in [0.1, 0.15) is 23.6 Å². The Bertz CT molecular complexity index is 1890. The molecule has 0 radical (unpaired) electrons. The number of hydrogen-bond donors (Lipinski definition) is 2. The lowest BCUT2D eigenvalue weighted by atomic mass is 10.0. The minimum absolute atomic E-state index is 0.206. The van der Waals surface area contributed by atoms with Crippen LogP contribution in [-0.2, 0) is 0 Å². The second kappa shape index (κ2) is 10.5. The van der Waals surface area contributed by atoms with Gasteiger partial charge in [-0.1, -0.05) is 46.6 Å². The van der Waals surface area contributed by atoms with E-state index in [1.54, 1.807) is 41.2 Å². The Morgan fingerprint density at radius 2 is 1.88 bits per heavy atom. The van der Waals surface area contributed by atoms with Gasteiger partial charge in [0.2, 0.25) is 0 Å². The van der Waals surface area contributed by atoms with Crippen LogP contribution in [0.5, 0.6) is 0 Å². The van der Waals surface area contributed by atoms with Crippen molar-refractivity contribution in [3.8, 4) is 12.1 Å². The van der Waals surface area contributed by atoms with Crippen LogP contribution in [0.1, 0.15) is 48.7 Å². The van der Waals surface area contributed by atoms with Crippen LogP contribution < -0.4 is 10.6 Å². The molecule has 0 amide bonds. The van der Waals surface area contributed by atoms with E-state index in [1.165, 1.54) is 30.5 Å². The van der Waals surface area contributed by atoms with Crippen molar-refractivity contribution in [2.45, 2.75) is 24.9 Å². The fourth-order valence-electron chi connectivity index (χ4n) is 4.38. The van der Waals surface area contributed by atoms with E-state index in [-0.39, 0.29) is 27.2 Å². The summed E-state index contributed by atoms with van der Waals surface area (Å²) >= 11 is 12.9. The SMILES string of the molecule is [2H][C@@](Nc1cc(Cl)c2ncc(C#N)c(Nc3cccc(Cl)c3C#N)c2c1)(c1ccc(F)cc1)c1cn(C2CC2)nn1. The highest BCUT2D eigenvalue weighted by Gasteiger charge is 2.27. The molecule has 196 valence electrons. The van der Waals surface area contributed by atoms with Gasteiger partial charge in [-0.25, -0.2) is 9.07 Å². The topological polar surface area (TPSA) is 115 Å². The summed E-state index contributed by atoms with van der Waals surface area (Å²) in [4.78, 5) is 4.38. The van der Waals surface area contributed by atoms with Gasteiger partial charge < -0.3 is 10.6 Å². The summed E-state index contributed by atoms with van der Waals surface area (Å²) in [6, 6.07) is 16.6. The molecule has 0 bridgehead atoms. The first-order valence-corrected chi connectivity index (χ1v) is 13.0. The largest absolute Gasteiger partial charge is 0.373 e. The molecule has 1 saturated carbocycles. The molecule has 0 spiro atoms. The standard InChI is InChI=1S/C29H19Cl2FN8/c30-23-2-1-3-25(22(23)13-34)37-27-17(12-33)14-35-29-21(27)10-19(11-24(29)31)36-28(16-4-6-18(32)7-5-16)26-15-40(39-38-26)20-8-9-20/h1-7,10-11,14-15,20,28,36H,8-9H2,(H,35,37)/t28-/m1/s1/i28D. The number of anilines is 3. The molecule has 5 aromatic rings. The van der Waals surface area contributed by atoms with Crippen LogP contribution in [0.4, 0.5) is 21.5 Å². The van der Waals surface area contributed by atoms with Gasteiger partial charge >= 0.3 is 0 Å². The molecule has 8 nitrogen and oxygen atoms in total. The normalized spacial score (nSPS) is 14.6. The number of benzene rings is 3. The molecular formula is C29H19Cl2FN8. The zero-order valence-electron chi connectivity index (χ0n) is 21.7. The molecule has 0 saturated heterocycles. The van der Waals surface area contributed by atoms with Crippen molar-refractivity contribution in [2.24, 2.45) is 0 Å². The molecule has 2 N–H and O–H groups in total. The fraction of sp³-hybridized carbons (Fsp3) is 0.138. The molecule has 40 heavy (non-hydrogen) atoms. The molecule has 3 aromatic carbocycles. The highest BCUT2D eigenvalue weighted by atomic mass is 35.5. The Hall–Kier alpha value is -4.70. The third-order valence-electron chi connectivity index (χ3n) is 6.52. The second-order valence-corrected chi connectivity index (χ2v) is 10.0. The van der Waals surface area contributed by atoms with Crippen molar-refractivity contribution in [3.63, 3.8) is 0 Å². The maximum Gasteiger partial charge on any atom is 0.123 e. The molecule has 1 atom stereocenters. The molecule has 0 unspecified atom stereocenters. The highest BCUT2D eigenvalue weighted by molar-refractivity contribution is 6.36. The van der Waals surface area contributed by atoms with Crippen molar-refractivity contribution in [1.82, 2.24) is 20.0 Å². The fourth-order valence-corrected chi connectivity index (χ4v) is 4.87. The number of nitriles is 2. The lowest BCUT2D eigenvalue weighted by Crippen LogP contribution is -2.13. The first-order chi connectivity index (χ1) is 19.8. The van der Waals surface area contributed by atoms with Crippen molar-refractivity contribution >= 4 is 51.2 Å². The van der Waals surface area contributed by atoms with Crippen molar-refractivity contribution in [2.75, 3.05) is 10.6 Å². The van der Waals surface area contributed by atoms with Gasteiger partial charge in [0.25, 0.3) is 0 Å². The maximum absolute atomic E-state index is 13.8. The quantitative estimate of drug-likeness (QED) is 0.211. The van der Waals surface area contributed by atoms with E-state index in [0.717, 1.165) is 12.8 Å². The lowest BCUT2D eigenvalue weighted by molar-refractivity contribution is 0.610. The van der Waals surface area contributed by atoms with Crippen LogP contribution in [0.3, 0.4) is 0 Å². The Morgan fingerprint density at radius 1 is 1.07 bits per heavy atom. The minimum atomic E-state index is -1.67. The van der Waals surface area contributed by atoms with Gasteiger partial charge in [-0.3, -0.25) is 4.98 Å². The predicted molar refractivity (Wildman–Crippen MR) is 151 cm³/mol. The number of hydrogen-bond acceptors (Lipinski definition) is 7. The zero-order valence-corrected chi connectivity index (χ0v) is 22.2. The van der Waals surface area contributed by atoms with Gasteiger partial charge in [0, 0.05) is 17.3 Å². The van der Waals surface area contributed by atoms with Crippen molar-refractivity contribution in [3.05, 3.63) is 105 Å². The van der Waals surface area contributed by atoms with E-state index in [4.69, 9.17) is 23.2 Å². The summed E-state index contributed by atoms with van der Waals surface area (Å²) in [5.74, 6) is -0.435. The summed E-state index contributed by atoms with van der Waals surface area (Å²) < 4.78 is 25.1. The van der Waals surface area contributed by atoms with Crippen LogP contribution in [0.15, 0.2) is 67.0 Å². The monoisotopic (exact) mass is 569 g/mol. The number of aromatic nitrogens is 4. The minimum Gasteiger partial charge on any atom is -0.373 e. The van der Waals surface area contributed by atoms with Crippen LogP contribution in [-0.4, -0.2) is 20.0 Å². The first-order valence-electron chi connectivity index (χ1n) is 12.7. The van der Waals surface area contributed by atoms with Crippen LogP contribution >= 0.6 is 23.2 Å². The van der Waals surface area contributed by atoms with Crippen molar-refractivity contribution in [1.29, 1.82) is 10.5 Å². The Kier molecular flexibility index (Phi) is 6.37. The number of pyridine rings is 1. The Labute approximate surface area is 240 Å². The zero-order chi connectivity index (χ0) is 28.7. The molecule has 2 aromatic heterocycles. The maximum atomic E-state index is 13.8. The predicted octanol–water partition coefficient (Wildman–Crippen LogP) is 7.30. The highest BCUT2D eigenvalue weighted by Crippen LogP contribution is 2.38. The molecule has 1 aliphatic carbocycles. The molecular weight excluding hydrogens is 550 g/mol. The number of rotatable bonds is 7. The Morgan fingerprint density at radius 3 is 2.60 bits per heavy atom. The van der Waals surface area contributed by atoms with Gasteiger partial charge in [0.05, 0.1) is 57.7 Å². The van der Waals surface area contributed by atoms with Gasteiger partial charge in [-0.2, -0.15) is 10.5 Å². The summed E-state index contributed by atoms with van der Waals surface area (Å²) in [5, 5.41) is 35.4. The Balaban J connectivity index is 1.49. The van der Waals surface area contributed by atoms with Crippen LogP contribution in [0, 0.1) is 28.5 Å². The number of nitrogens with zero attached hydrogens (tertiary/aromatic N) is 6. The smallest absolute Gasteiger partial charge is 0.123 e. The van der Waals surface area contributed by atoms with Gasteiger partial charge in [-0.05, 0) is 54.8 Å².